The van der Waals surface area contributed by atoms with E-state index in [0.29, 0.717) is 0 Å². The predicted molar refractivity (Wildman–Crippen MR) is 83.6 cm³/mol. The summed E-state index contributed by atoms with van der Waals surface area (Å²) in [5.74, 6) is 0. The summed E-state index contributed by atoms with van der Waals surface area (Å²) in [6.45, 7) is 7.65. The molecule has 106 valence electrons. The van der Waals surface area contributed by atoms with E-state index < -0.39 is 0 Å². The molecule has 1 N–H and O–H groups in total. The number of anilines is 1. The van der Waals surface area contributed by atoms with Gasteiger partial charge < -0.3 is 10.0 Å². The molecule has 0 saturated carbocycles. The summed E-state index contributed by atoms with van der Waals surface area (Å²) >= 11 is 3.53. The van der Waals surface area contributed by atoms with E-state index in [1.165, 1.54) is 5.69 Å². The zero-order chi connectivity index (χ0) is 14.0. The van der Waals surface area contributed by atoms with Crippen molar-refractivity contribution in [3.63, 3.8) is 0 Å². The highest BCUT2D eigenvalue weighted by Crippen LogP contribution is 2.28. The van der Waals surface area contributed by atoms with Crippen LogP contribution in [0, 0.1) is 5.41 Å². The Balaban J connectivity index is 2.28. The average Bonchev–Trinajstić information content (AvgIpc) is 2.44. The van der Waals surface area contributed by atoms with Crippen molar-refractivity contribution >= 4 is 21.6 Å². The third kappa shape index (κ3) is 3.71. The molecule has 3 nitrogen and oxygen atoms in total. The molecule has 0 aliphatic carbocycles. The summed E-state index contributed by atoms with van der Waals surface area (Å²) in [4.78, 5) is 4.66. The Labute approximate surface area is 124 Å². The number of hydrogen-bond acceptors (Lipinski definition) is 3. The van der Waals surface area contributed by atoms with E-state index in [-0.39, 0.29) is 18.1 Å². The van der Waals surface area contributed by atoms with Gasteiger partial charge in [0.05, 0.1) is 6.61 Å². The highest BCUT2D eigenvalue weighted by molar-refractivity contribution is 9.10. The van der Waals surface area contributed by atoms with Crippen molar-refractivity contribution in [3.05, 3.63) is 28.7 Å². The van der Waals surface area contributed by atoms with Gasteiger partial charge in [-0.3, -0.25) is 4.90 Å². The number of hydrogen-bond donors (Lipinski definition) is 1. The molecule has 1 unspecified atom stereocenters. The topological polar surface area (TPSA) is 26.7 Å². The SMILES string of the molecule is CN1CC(C)(C)CN(c2cccc(Br)c2)CC1CO. The number of aliphatic hydroxyl groups excluding tert-OH is 1. The van der Waals surface area contributed by atoms with Gasteiger partial charge in [-0.25, -0.2) is 0 Å². The molecule has 0 bridgehead atoms. The first kappa shape index (κ1) is 14.8. The van der Waals surface area contributed by atoms with E-state index in [1.807, 2.05) is 6.07 Å². The lowest BCUT2D eigenvalue weighted by Gasteiger charge is -2.31. The van der Waals surface area contributed by atoms with Gasteiger partial charge in [0, 0.05) is 35.8 Å². The summed E-state index contributed by atoms with van der Waals surface area (Å²) in [6, 6.07) is 8.59. The molecule has 0 amide bonds. The van der Waals surface area contributed by atoms with Crippen LogP contribution in [-0.2, 0) is 0 Å². The van der Waals surface area contributed by atoms with Crippen LogP contribution in [0.3, 0.4) is 0 Å². The average molecular weight is 327 g/mol. The monoisotopic (exact) mass is 326 g/mol. The number of aliphatic hydroxyl groups is 1. The minimum Gasteiger partial charge on any atom is -0.395 e. The molecular formula is C15H23BrN2O. The highest BCUT2D eigenvalue weighted by atomic mass is 79.9. The molecule has 0 spiro atoms. The summed E-state index contributed by atoms with van der Waals surface area (Å²) in [7, 11) is 2.10. The van der Waals surface area contributed by atoms with Crippen LogP contribution in [0.2, 0.25) is 0 Å². The molecule has 0 aromatic heterocycles. The first-order valence-electron chi connectivity index (χ1n) is 6.73. The minimum atomic E-state index is 0.195. The Morgan fingerprint density at radius 1 is 1.37 bits per heavy atom. The number of benzene rings is 1. The van der Waals surface area contributed by atoms with E-state index in [0.717, 1.165) is 24.1 Å². The Hall–Kier alpha value is -0.580. The third-order valence-corrected chi connectivity index (χ3v) is 4.23. The molecular weight excluding hydrogens is 304 g/mol. The minimum absolute atomic E-state index is 0.195. The van der Waals surface area contributed by atoms with E-state index >= 15 is 0 Å². The molecule has 2 rings (SSSR count). The molecule has 19 heavy (non-hydrogen) atoms. The lowest BCUT2D eigenvalue weighted by atomic mass is 9.92. The standard InChI is InChI=1S/C15H23BrN2O/c1-15(2)10-17(3)14(9-19)8-18(11-15)13-6-4-5-12(16)7-13/h4-7,14,19H,8-11H2,1-3H3. The second-order valence-electron chi connectivity index (χ2n) is 6.28. The largest absolute Gasteiger partial charge is 0.395 e. The summed E-state index contributed by atoms with van der Waals surface area (Å²) < 4.78 is 1.10. The second-order valence-corrected chi connectivity index (χ2v) is 7.19. The fourth-order valence-electron chi connectivity index (χ4n) is 2.90. The fraction of sp³-hybridized carbons (Fsp3) is 0.600. The van der Waals surface area contributed by atoms with Crippen LogP contribution in [-0.4, -0.2) is 49.3 Å². The summed E-state index contributed by atoms with van der Waals surface area (Å²) in [5.41, 5.74) is 1.43. The van der Waals surface area contributed by atoms with E-state index in [4.69, 9.17) is 0 Å². The van der Waals surface area contributed by atoms with Crippen molar-refractivity contribution < 1.29 is 5.11 Å². The van der Waals surface area contributed by atoms with Gasteiger partial charge in [-0.15, -0.1) is 0 Å². The number of rotatable bonds is 2. The highest BCUT2D eigenvalue weighted by Gasteiger charge is 2.32. The van der Waals surface area contributed by atoms with E-state index in [2.05, 4.69) is 64.8 Å². The van der Waals surface area contributed by atoms with Crippen molar-refractivity contribution in [1.29, 1.82) is 0 Å². The van der Waals surface area contributed by atoms with E-state index in [1.54, 1.807) is 0 Å². The molecule has 1 fully saturated rings. The fourth-order valence-corrected chi connectivity index (χ4v) is 3.28. The normalized spacial score (nSPS) is 24.3. The van der Waals surface area contributed by atoms with Crippen LogP contribution < -0.4 is 4.90 Å². The molecule has 1 aromatic carbocycles. The maximum atomic E-state index is 9.60. The lowest BCUT2D eigenvalue weighted by Crippen LogP contribution is -2.41. The van der Waals surface area contributed by atoms with Crippen LogP contribution in [0.4, 0.5) is 5.69 Å². The van der Waals surface area contributed by atoms with Crippen LogP contribution >= 0.6 is 15.9 Å². The number of likely N-dealkylation sites (N-methyl/N-ethyl adjacent to an activating group) is 1. The quantitative estimate of drug-likeness (QED) is 0.904. The van der Waals surface area contributed by atoms with Crippen LogP contribution in [0.5, 0.6) is 0 Å². The molecule has 1 heterocycles. The predicted octanol–water partition coefficient (Wildman–Crippen LogP) is 2.59. The van der Waals surface area contributed by atoms with Crippen molar-refractivity contribution in [2.24, 2.45) is 5.41 Å². The first-order chi connectivity index (χ1) is 8.91. The van der Waals surface area contributed by atoms with Crippen LogP contribution in [0.25, 0.3) is 0 Å². The maximum Gasteiger partial charge on any atom is 0.0604 e. The van der Waals surface area contributed by atoms with Crippen molar-refractivity contribution in [2.45, 2.75) is 19.9 Å². The molecule has 4 heteroatoms. The Morgan fingerprint density at radius 2 is 2.11 bits per heavy atom. The smallest absolute Gasteiger partial charge is 0.0604 e. The van der Waals surface area contributed by atoms with Crippen LogP contribution in [0.1, 0.15) is 13.8 Å². The molecule has 1 saturated heterocycles. The lowest BCUT2D eigenvalue weighted by molar-refractivity contribution is 0.133. The van der Waals surface area contributed by atoms with Crippen molar-refractivity contribution in [3.8, 4) is 0 Å². The van der Waals surface area contributed by atoms with Gasteiger partial charge in [0.1, 0.15) is 0 Å². The van der Waals surface area contributed by atoms with Crippen LogP contribution in [0.15, 0.2) is 28.7 Å². The van der Waals surface area contributed by atoms with Gasteiger partial charge in [0.2, 0.25) is 0 Å². The first-order valence-corrected chi connectivity index (χ1v) is 7.52. The molecule has 1 aliphatic rings. The van der Waals surface area contributed by atoms with Gasteiger partial charge in [0.15, 0.2) is 0 Å². The summed E-state index contributed by atoms with van der Waals surface area (Å²) in [6.07, 6.45) is 0. The summed E-state index contributed by atoms with van der Waals surface area (Å²) in [5, 5.41) is 9.60. The van der Waals surface area contributed by atoms with Gasteiger partial charge in [-0.1, -0.05) is 35.8 Å². The van der Waals surface area contributed by atoms with Gasteiger partial charge >= 0.3 is 0 Å². The zero-order valence-corrected chi connectivity index (χ0v) is 13.5. The Kier molecular flexibility index (Phi) is 4.54. The maximum absolute atomic E-state index is 9.60. The number of nitrogens with zero attached hydrogens (tertiary/aromatic N) is 2. The van der Waals surface area contributed by atoms with Gasteiger partial charge in [-0.05, 0) is 30.7 Å². The molecule has 1 atom stereocenters. The van der Waals surface area contributed by atoms with Crippen molar-refractivity contribution in [1.82, 2.24) is 4.90 Å². The van der Waals surface area contributed by atoms with Gasteiger partial charge in [0.25, 0.3) is 0 Å². The Morgan fingerprint density at radius 3 is 2.74 bits per heavy atom. The van der Waals surface area contributed by atoms with E-state index in [9.17, 15) is 5.11 Å². The van der Waals surface area contributed by atoms with Crippen molar-refractivity contribution in [2.75, 3.05) is 38.2 Å². The Bertz CT molecular complexity index is 436. The second kappa shape index (κ2) is 5.81. The molecule has 0 radical (unpaired) electrons. The number of halogens is 1. The zero-order valence-electron chi connectivity index (χ0n) is 11.9. The van der Waals surface area contributed by atoms with Gasteiger partial charge in [-0.2, -0.15) is 0 Å². The molecule has 1 aliphatic heterocycles. The molecule has 1 aromatic rings. The third-order valence-electron chi connectivity index (χ3n) is 3.73.